The van der Waals surface area contributed by atoms with Crippen molar-refractivity contribution in [2.45, 2.75) is 6.54 Å². The lowest BCUT2D eigenvalue weighted by atomic mass is 10.2. The number of nitrogens with zero attached hydrogens (tertiary/aromatic N) is 1. The minimum atomic E-state index is -0.960. The number of thiazole rings is 1. The number of nitrogens with one attached hydrogen (secondary N) is 1. The monoisotopic (exact) mass is 268 g/mol. The molecule has 2 rings (SSSR count). The summed E-state index contributed by atoms with van der Waals surface area (Å²) in [6, 6.07) is 7.45. The first kappa shape index (κ1) is 11.9. The van der Waals surface area contributed by atoms with Crippen molar-refractivity contribution in [3.05, 3.63) is 45.9 Å². The van der Waals surface area contributed by atoms with E-state index in [1.54, 1.807) is 6.07 Å². The Bertz CT molecular complexity index is 542. The number of hydrogen-bond acceptors (Lipinski definition) is 4. The van der Waals surface area contributed by atoms with Crippen LogP contribution in [-0.4, -0.2) is 16.1 Å². The Morgan fingerprint density at radius 2 is 2.35 bits per heavy atom. The molecule has 17 heavy (non-hydrogen) atoms. The molecule has 2 N–H and O–H groups in total. The van der Waals surface area contributed by atoms with E-state index in [1.807, 2.05) is 18.2 Å². The number of carbonyl (C=O) groups is 1. The Morgan fingerprint density at radius 1 is 1.53 bits per heavy atom. The lowest BCUT2D eigenvalue weighted by Gasteiger charge is -2.02. The molecular weight excluding hydrogens is 260 g/mol. The lowest BCUT2D eigenvalue weighted by molar-refractivity contribution is 0.0702. The SMILES string of the molecule is O=C(O)c1cnc(NCc2cccc(Cl)c2)s1. The summed E-state index contributed by atoms with van der Waals surface area (Å²) in [6.45, 7) is 0.563. The van der Waals surface area contributed by atoms with Crippen molar-refractivity contribution in [1.82, 2.24) is 4.98 Å². The minimum Gasteiger partial charge on any atom is -0.477 e. The van der Waals surface area contributed by atoms with Gasteiger partial charge in [-0.05, 0) is 17.7 Å². The van der Waals surface area contributed by atoms with Gasteiger partial charge in [-0.25, -0.2) is 9.78 Å². The maximum absolute atomic E-state index is 10.7. The van der Waals surface area contributed by atoms with Crippen LogP contribution in [0, 0.1) is 0 Å². The first-order valence-electron chi connectivity index (χ1n) is 4.82. The van der Waals surface area contributed by atoms with Crippen LogP contribution in [0.5, 0.6) is 0 Å². The quantitative estimate of drug-likeness (QED) is 0.894. The fourth-order valence-corrected chi connectivity index (χ4v) is 2.14. The van der Waals surface area contributed by atoms with Gasteiger partial charge in [0.2, 0.25) is 0 Å². The van der Waals surface area contributed by atoms with E-state index in [1.165, 1.54) is 6.20 Å². The van der Waals surface area contributed by atoms with Gasteiger partial charge in [0.25, 0.3) is 0 Å². The Kier molecular flexibility index (Phi) is 3.61. The summed E-state index contributed by atoms with van der Waals surface area (Å²) in [5.41, 5.74) is 1.02. The Morgan fingerprint density at radius 3 is 3.00 bits per heavy atom. The van der Waals surface area contributed by atoms with Gasteiger partial charge in [0.05, 0.1) is 6.20 Å². The van der Waals surface area contributed by atoms with Crippen LogP contribution in [0.3, 0.4) is 0 Å². The Balaban J connectivity index is 2.00. The predicted molar refractivity (Wildman–Crippen MR) is 67.9 cm³/mol. The number of carboxylic acids is 1. The Labute approximate surface area is 107 Å². The molecule has 2 aromatic rings. The average molecular weight is 269 g/mol. The minimum absolute atomic E-state index is 0.221. The summed E-state index contributed by atoms with van der Waals surface area (Å²) >= 11 is 6.96. The summed E-state index contributed by atoms with van der Waals surface area (Å²) in [4.78, 5) is 14.8. The zero-order chi connectivity index (χ0) is 12.3. The van der Waals surface area contributed by atoms with E-state index >= 15 is 0 Å². The average Bonchev–Trinajstić information content (AvgIpc) is 2.75. The molecule has 0 bridgehead atoms. The molecule has 4 nitrogen and oxygen atoms in total. The van der Waals surface area contributed by atoms with Crippen LogP contribution >= 0.6 is 22.9 Å². The molecule has 0 fully saturated rings. The molecule has 1 aromatic heterocycles. The van der Waals surface area contributed by atoms with E-state index in [0.29, 0.717) is 16.7 Å². The van der Waals surface area contributed by atoms with E-state index in [9.17, 15) is 4.79 Å². The first-order chi connectivity index (χ1) is 8.15. The van der Waals surface area contributed by atoms with E-state index in [2.05, 4.69) is 10.3 Å². The van der Waals surface area contributed by atoms with Gasteiger partial charge >= 0.3 is 5.97 Å². The number of aromatic nitrogens is 1. The van der Waals surface area contributed by atoms with E-state index < -0.39 is 5.97 Å². The number of hydrogen-bond donors (Lipinski definition) is 2. The second-order valence-electron chi connectivity index (χ2n) is 3.32. The largest absolute Gasteiger partial charge is 0.477 e. The van der Waals surface area contributed by atoms with Crippen molar-refractivity contribution in [1.29, 1.82) is 0 Å². The van der Waals surface area contributed by atoms with Crippen LogP contribution in [-0.2, 0) is 6.54 Å². The smallest absolute Gasteiger partial charge is 0.347 e. The number of carboxylic acid groups (broad SMARTS) is 1. The van der Waals surface area contributed by atoms with Gasteiger partial charge in [0.1, 0.15) is 4.88 Å². The molecule has 0 aliphatic heterocycles. The highest BCUT2D eigenvalue weighted by molar-refractivity contribution is 7.17. The standard InChI is InChI=1S/C11H9ClN2O2S/c12-8-3-1-2-7(4-8)5-13-11-14-6-9(17-11)10(15)16/h1-4,6H,5H2,(H,13,14)(H,15,16). The summed E-state index contributed by atoms with van der Waals surface area (Å²) in [5.74, 6) is -0.960. The summed E-state index contributed by atoms with van der Waals surface area (Å²) in [5, 5.41) is 13.1. The maximum Gasteiger partial charge on any atom is 0.347 e. The molecule has 0 saturated heterocycles. The van der Waals surface area contributed by atoms with Gasteiger partial charge in [-0.2, -0.15) is 0 Å². The van der Waals surface area contributed by atoms with Gasteiger partial charge in [0, 0.05) is 11.6 Å². The van der Waals surface area contributed by atoms with Crippen molar-refractivity contribution in [3.8, 4) is 0 Å². The maximum atomic E-state index is 10.7. The fraction of sp³-hybridized carbons (Fsp3) is 0.0909. The van der Waals surface area contributed by atoms with Gasteiger partial charge in [0.15, 0.2) is 5.13 Å². The van der Waals surface area contributed by atoms with E-state index in [-0.39, 0.29) is 4.88 Å². The second kappa shape index (κ2) is 5.16. The van der Waals surface area contributed by atoms with Crippen molar-refractivity contribution < 1.29 is 9.90 Å². The number of rotatable bonds is 4. The van der Waals surface area contributed by atoms with Crippen LogP contribution in [0.2, 0.25) is 5.02 Å². The van der Waals surface area contributed by atoms with Crippen LogP contribution in [0.15, 0.2) is 30.5 Å². The normalized spacial score (nSPS) is 10.2. The number of benzene rings is 1. The van der Waals surface area contributed by atoms with Crippen LogP contribution in [0.1, 0.15) is 15.2 Å². The second-order valence-corrected chi connectivity index (χ2v) is 4.79. The molecule has 0 atom stereocenters. The molecule has 1 aromatic carbocycles. The third-order valence-electron chi connectivity index (χ3n) is 2.05. The topological polar surface area (TPSA) is 62.2 Å². The van der Waals surface area contributed by atoms with Gasteiger partial charge in [-0.3, -0.25) is 0 Å². The summed E-state index contributed by atoms with van der Waals surface area (Å²) in [7, 11) is 0. The number of anilines is 1. The molecule has 88 valence electrons. The fourth-order valence-electron chi connectivity index (χ4n) is 1.28. The molecular formula is C11H9ClN2O2S. The molecule has 0 amide bonds. The first-order valence-corrected chi connectivity index (χ1v) is 6.02. The van der Waals surface area contributed by atoms with Crippen molar-refractivity contribution >= 4 is 34.0 Å². The molecule has 1 heterocycles. The van der Waals surface area contributed by atoms with Crippen LogP contribution < -0.4 is 5.32 Å². The van der Waals surface area contributed by atoms with Crippen molar-refractivity contribution in [2.24, 2.45) is 0 Å². The van der Waals surface area contributed by atoms with Crippen molar-refractivity contribution in [2.75, 3.05) is 5.32 Å². The molecule has 0 spiro atoms. The van der Waals surface area contributed by atoms with Crippen LogP contribution in [0.4, 0.5) is 5.13 Å². The molecule has 0 saturated carbocycles. The lowest BCUT2D eigenvalue weighted by Crippen LogP contribution is -1.98. The number of aromatic carboxylic acids is 1. The van der Waals surface area contributed by atoms with Gasteiger partial charge in [-0.1, -0.05) is 35.1 Å². The van der Waals surface area contributed by atoms with E-state index in [4.69, 9.17) is 16.7 Å². The number of halogens is 1. The predicted octanol–water partition coefficient (Wildman–Crippen LogP) is 3.11. The molecule has 6 heteroatoms. The molecule has 0 unspecified atom stereocenters. The third-order valence-corrected chi connectivity index (χ3v) is 3.23. The molecule has 0 radical (unpaired) electrons. The summed E-state index contributed by atoms with van der Waals surface area (Å²) in [6.07, 6.45) is 1.34. The highest BCUT2D eigenvalue weighted by atomic mass is 35.5. The zero-order valence-electron chi connectivity index (χ0n) is 8.68. The highest BCUT2D eigenvalue weighted by Crippen LogP contribution is 2.19. The highest BCUT2D eigenvalue weighted by Gasteiger charge is 2.07. The summed E-state index contributed by atoms with van der Waals surface area (Å²) < 4.78 is 0. The molecule has 0 aliphatic rings. The zero-order valence-corrected chi connectivity index (χ0v) is 10.3. The van der Waals surface area contributed by atoms with Gasteiger partial charge < -0.3 is 10.4 Å². The van der Waals surface area contributed by atoms with Gasteiger partial charge in [-0.15, -0.1) is 0 Å². The Hall–Kier alpha value is -1.59. The van der Waals surface area contributed by atoms with Crippen LogP contribution in [0.25, 0.3) is 0 Å². The van der Waals surface area contributed by atoms with E-state index in [0.717, 1.165) is 16.9 Å². The third kappa shape index (κ3) is 3.18. The molecule has 0 aliphatic carbocycles. The van der Waals surface area contributed by atoms with Crippen molar-refractivity contribution in [3.63, 3.8) is 0 Å².